The van der Waals surface area contributed by atoms with Crippen LogP contribution in [0.3, 0.4) is 0 Å². The van der Waals surface area contributed by atoms with E-state index in [1.165, 1.54) is 11.3 Å². The zero-order valence-corrected chi connectivity index (χ0v) is 8.46. The SMILES string of the molecule is O=C(CCOCCO)Oc1cccs1. The minimum absolute atomic E-state index is 0.0278. The van der Waals surface area contributed by atoms with Gasteiger partial charge in [-0.2, -0.15) is 0 Å². The number of thiophene rings is 1. The van der Waals surface area contributed by atoms with Crippen LogP contribution in [-0.2, 0) is 9.53 Å². The molecule has 0 aliphatic heterocycles. The first-order valence-electron chi connectivity index (χ1n) is 4.25. The van der Waals surface area contributed by atoms with Crippen molar-refractivity contribution in [2.75, 3.05) is 19.8 Å². The molecule has 78 valence electrons. The first-order chi connectivity index (χ1) is 6.83. The second-order valence-electron chi connectivity index (χ2n) is 2.49. The summed E-state index contributed by atoms with van der Waals surface area (Å²) in [6, 6.07) is 3.55. The number of carbonyl (C=O) groups excluding carboxylic acids is 1. The third-order valence-electron chi connectivity index (χ3n) is 1.40. The molecular weight excluding hydrogens is 204 g/mol. The maximum atomic E-state index is 11.1. The van der Waals surface area contributed by atoms with E-state index in [-0.39, 0.29) is 32.2 Å². The zero-order chi connectivity index (χ0) is 10.2. The van der Waals surface area contributed by atoms with E-state index in [1.54, 1.807) is 6.07 Å². The van der Waals surface area contributed by atoms with Gasteiger partial charge < -0.3 is 14.6 Å². The van der Waals surface area contributed by atoms with Crippen LogP contribution in [0.15, 0.2) is 17.5 Å². The van der Waals surface area contributed by atoms with Crippen LogP contribution >= 0.6 is 11.3 Å². The lowest BCUT2D eigenvalue weighted by Crippen LogP contribution is -2.11. The van der Waals surface area contributed by atoms with Crippen LogP contribution in [0, 0.1) is 0 Å². The highest BCUT2D eigenvalue weighted by Crippen LogP contribution is 2.18. The summed E-state index contributed by atoms with van der Waals surface area (Å²) in [4.78, 5) is 11.1. The third kappa shape index (κ3) is 4.36. The highest BCUT2D eigenvalue weighted by Gasteiger charge is 2.04. The maximum Gasteiger partial charge on any atom is 0.314 e. The van der Waals surface area contributed by atoms with Gasteiger partial charge in [-0.3, -0.25) is 4.79 Å². The van der Waals surface area contributed by atoms with Gasteiger partial charge in [0.2, 0.25) is 0 Å². The Bertz CT molecular complexity index is 258. The molecule has 0 fully saturated rings. The molecule has 1 heterocycles. The van der Waals surface area contributed by atoms with Gasteiger partial charge in [-0.15, -0.1) is 11.3 Å². The standard InChI is InChI=1S/C9H12O4S/c10-4-6-12-5-3-8(11)13-9-2-1-7-14-9/h1-2,7,10H,3-6H2. The van der Waals surface area contributed by atoms with Crippen LogP contribution in [0.1, 0.15) is 6.42 Å². The fourth-order valence-corrected chi connectivity index (χ4v) is 1.40. The minimum Gasteiger partial charge on any atom is -0.415 e. The Hall–Kier alpha value is -0.910. The summed E-state index contributed by atoms with van der Waals surface area (Å²) in [6.07, 6.45) is 0.206. The van der Waals surface area contributed by atoms with E-state index < -0.39 is 0 Å². The van der Waals surface area contributed by atoms with Crippen molar-refractivity contribution in [3.05, 3.63) is 17.5 Å². The largest absolute Gasteiger partial charge is 0.415 e. The van der Waals surface area contributed by atoms with Gasteiger partial charge in [-0.1, -0.05) is 0 Å². The smallest absolute Gasteiger partial charge is 0.314 e. The maximum absolute atomic E-state index is 11.1. The summed E-state index contributed by atoms with van der Waals surface area (Å²) < 4.78 is 9.90. The molecule has 5 heteroatoms. The van der Waals surface area contributed by atoms with E-state index in [1.807, 2.05) is 11.4 Å². The molecule has 1 rings (SSSR count). The number of carbonyl (C=O) groups is 1. The summed E-state index contributed by atoms with van der Waals surface area (Å²) in [6.45, 7) is 0.511. The van der Waals surface area contributed by atoms with Gasteiger partial charge in [0, 0.05) is 0 Å². The van der Waals surface area contributed by atoms with Crippen molar-refractivity contribution >= 4 is 17.3 Å². The number of aliphatic hydroxyl groups excluding tert-OH is 1. The van der Waals surface area contributed by atoms with Crippen LogP contribution in [0.25, 0.3) is 0 Å². The van der Waals surface area contributed by atoms with E-state index >= 15 is 0 Å². The molecule has 0 unspecified atom stereocenters. The van der Waals surface area contributed by atoms with Gasteiger partial charge in [-0.25, -0.2) is 0 Å². The topological polar surface area (TPSA) is 55.8 Å². The molecular formula is C9H12O4S. The first-order valence-corrected chi connectivity index (χ1v) is 5.13. The Morgan fingerprint density at radius 1 is 1.50 bits per heavy atom. The van der Waals surface area contributed by atoms with Crippen LogP contribution in [-0.4, -0.2) is 30.9 Å². The molecule has 0 aromatic carbocycles. The van der Waals surface area contributed by atoms with Crippen LogP contribution in [0.4, 0.5) is 0 Å². The molecule has 0 amide bonds. The van der Waals surface area contributed by atoms with Crippen LogP contribution in [0.5, 0.6) is 5.06 Å². The summed E-state index contributed by atoms with van der Waals surface area (Å²) in [7, 11) is 0. The molecule has 14 heavy (non-hydrogen) atoms. The average Bonchev–Trinajstić information content (AvgIpc) is 2.65. The van der Waals surface area contributed by atoms with Gasteiger partial charge in [0.25, 0.3) is 0 Å². The molecule has 1 aromatic rings. The molecule has 1 N–H and O–H groups in total. The van der Waals surface area contributed by atoms with Crippen LogP contribution in [0.2, 0.25) is 0 Å². The molecule has 0 radical (unpaired) electrons. The van der Waals surface area contributed by atoms with Crippen molar-refractivity contribution in [3.8, 4) is 5.06 Å². The lowest BCUT2D eigenvalue weighted by Gasteiger charge is -2.01. The number of rotatable bonds is 6. The Balaban J connectivity index is 2.11. The average molecular weight is 216 g/mol. The molecule has 0 aliphatic carbocycles. The highest BCUT2D eigenvalue weighted by molar-refractivity contribution is 7.11. The normalized spacial score (nSPS) is 10.1. The number of aliphatic hydroxyl groups is 1. The van der Waals surface area contributed by atoms with E-state index in [2.05, 4.69) is 0 Å². The van der Waals surface area contributed by atoms with Gasteiger partial charge in [0.05, 0.1) is 26.2 Å². The minimum atomic E-state index is -0.314. The Kier molecular flexibility index (Phi) is 5.21. The molecule has 0 saturated heterocycles. The Morgan fingerprint density at radius 3 is 3.00 bits per heavy atom. The number of hydrogen-bond acceptors (Lipinski definition) is 5. The van der Waals surface area contributed by atoms with Crippen LogP contribution < -0.4 is 4.74 Å². The first kappa shape index (κ1) is 11.2. The van der Waals surface area contributed by atoms with Crippen molar-refractivity contribution in [2.24, 2.45) is 0 Å². The summed E-state index contributed by atoms with van der Waals surface area (Å²) >= 11 is 1.37. The highest BCUT2D eigenvalue weighted by atomic mass is 32.1. The molecule has 0 bridgehead atoms. The lowest BCUT2D eigenvalue weighted by atomic mass is 10.5. The fraction of sp³-hybridized carbons (Fsp3) is 0.444. The fourth-order valence-electron chi connectivity index (χ4n) is 0.807. The molecule has 0 saturated carbocycles. The Labute approximate surface area is 86.1 Å². The molecule has 0 aliphatic rings. The van der Waals surface area contributed by atoms with E-state index in [0.717, 1.165) is 0 Å². The van der Waals surface area contributed by atoms with Gasteiger partial charge in [0.15, 0.2) is 5.06 Å². The number of ether oxygens (including phenoxy) is 2. The second kappa shape index (κ2) is 6.53. The van der Waals surface area contributed by atoms with E-state index in [9.17, 15) is 4.79 Å². The predicted octanol–water partition coefficient (Wildman–Crippen LogP) is 1.05. The monoisotopic (exact) mass is 216 g/mol. The summed E-state index contributed by atoms with van der Waals surface area (Å²) in [5, 5.41) is 10.8. The van der Waals surface area contributed by atoms with E-state index in [4.69, 9.17) is 14.6 Å². The number of hydrogen-bond donors (Lipinski definition) is 1. The van der Waals surface area contributed by atoms with Crippen molar-refractivity contribution < 1.29 is 19.4 Å². The molecule has 4 nitrogen and oxygen atoms in total. The van der Waals surface area contributed by atoms with Crippen molar-refractivity contribution in [3.63, 3.8) is 0 Å². The van der Waals surface area contributed by atoms with E-state index in [0.29, 0.717) is 5.06 Å². The van der Waals surface area contributed by atoms with Crippen molar-refractivity contribution in [2.45, 2.75) is 6.42 Å². The zero-order valence-electron chi connectivity index (χ0n) is 7.64. The molecule has 0 spiro atoms. The molecule has 0 atom stereocenters. The molecule has 1 aromatic heterocycles. The quantitative estimate of drug-likeness (QED) is 0.570. The van der Waals surface area contributed by atoms with Gasteiger partial charge in [-0.05, 0) is 17.5 Å². The summed E-state index contributed by atoms with van der Waals surface area (Å²) in [5.41, 5.74) is 0. The second-order valence-corrected chi connectivity index (χ2v) is 3.40. The third-order valence-corrected chi connectivity index (χ3v) is 2.14. The van der Waals surface area contributed by atoms with Gasteiger partial charge >= 0.3 is 5.97 Å². The van der Waals surface area contributed by atoms with Crippen molar-refractivity contribution in [1.29, 1.82) is 0 Å². The Morgan fingerprint density at radius 2 is 2.36 bits per heavy atom. The van der Waals surface area contributed by atoms with Crippen molar-refractivity contribution in [1.82, 2.24) is 0 Å². The lowest BCUT2D eigenvalue weighted by molar-refractivity contribution is -0.135. The van der Waals surface area contributed by atoms with Gasteiger partial charge in [0.1, 0.15) is 0 Å². The predicted molar refractivity (Wildman–Crippen MR) is 52.5 cm³/mol. The summed E-state index contributed by atoms with van der Waals surface area (Å²) in [5.74, 6) is -0.314. The number of esters is 1.